The average Bonchev–Trinajstić information content (AvgIpc) is 2.97. The second-order valence-corrected chi connectivity index (χ2v) is 5.61. The molecule has 0 unspecified atom stereocenters. The number of halogens is 1. The fraction of sp³-hybridized carbons (Fsp3) is 0.188. The number of benzene rings is 2. The first kappa shape index (κ1) is 15.3. The lowest BCUT2D eigenvalue weighted by atomic mass is 10.2. The molecule has 3 rings (SSSR count). The maximum Gasteiger partial charge on any atom is 0.289 e. The van der Waals surface area contributed by atoms with E-state index < -0.39 is 4.92 Å². The summed E-state index contributed by atoms with van der Waals surface area (Å²) in [5.41, 5.74) is 2.39. The smallest absolute Gasteiger partial charge is 0.289 e. The van der Waals surface area contributed by atoms with Crippen molar-refractivity contribution >= 4 is 34.6 Å². The average molecular weight is 332 g/mol. The minimum atomic E-state index is -0.550. The topological polar surface area (TPSA) is 75.5 Å². The van der Waals surface area contributed by atoms with Crippen molar-refractivity contribution in [1.29, 1.82) is 0 Å². The summed E-state index contributed by atoms with van der Waals surface area (Å²) in [5, 5.41) is 13.9. The van der Waals surface area contributed by atoms with E-state index in [1.165, 1.54) is 12.1 Å². The van der Waals surface area contributed by atoms with Gasteiger partial charge in [0.2, 0.25) is 5.91 Å². The van der Waals surface area contributed by atoms with E-state index in [9.17, 15) is 14.9 Å². The van der Waals surface area contributed by atoms with Gasteiger partial charge >= 0.3 is 0 Å². The number of hydrogen-bond donors (Lipinski definition) is 1. The molecule has 2 aromatic rings. The summed E-state index contributed by atoms with van der Waals surface area (Å²) in [5.74, 6) is -0.0763. The van der Waals surface area contributed by atoms with Gasteiger partial charge in [0, 0.05) is 24.0 Å². The number of anilines is 2. The minimum absolute atomic E-state index is 0.0626. The Morgan fingerprint density at radius 3 is 2.87 bits per heavy atom. The maximum absolute atomic E-state index is 12.4. The molecule has 0 radical (unpaired) electrons. The second-order valence-electron chi connectivity index (χ2n) is 5.20. The third-order valence-electron chi connectivity index (χ3n) is 3.77. The SMILES string of the molecule is O=C(CNc1ccc(Cl)c([N+](=O)[O-])c1)N1CCc2ccccc21. The third-order valence-corrected chi connectivity index (χ3v) is 4.09. The Labute approximate surface area is 137 Å². The molecule has 7 heteroatoms. The van der Waals surface area contributed by atoms with Gasteiger partial charge in [0.05, 0.1) is 11.5 Å². The first-order valence-corrected chi connectivity index (χ1v) is 7.50. The van der Waals surface area contributed by atoms with Crippen LogP contribution >= 0.6 is 11.6 Å². The lowest BCUT2D eigenvalue weighted by molar-refractivity contribution is -0.384. The summed E-state index contributed by atoms with van der Waals surface area (Å²) in [6.45, 7) is 0.716. The Balaban J connectivity index is 1.69. The van der Waals surface area contributed by atoms with E-state index in [0.29, 0.717) is 12.2 Å². The fourth-order valence-electron chi connectivity index (χ4n) is 2.63. The van der Waals surface area contributed by atoms with Gasteiger partial charge in [-0.25, -0.2) is 0 Å². The van der Waals surface area contributed by atoms with Crippen molar-refractivity contribution in [3.63, 3.8) is 0 Å². The van der Waals surface area contributed by atoms with Crippen molar-refractivity contribution in [2.75, 3.05) is 23.3 Å². The van der Waals surface area contributed by atoms with E-state index in [2.05, 4.69) is 5.32 Å². The number of fused-ring (bicyclic) bond motifs is 1. The number of carbonyl (C=O) groups is 1. The van der Waals surface area contributed by atoms with E-state index in [1.54, 1.807) is 11.0 Å². The number of amides is 1. The van der Waals surface area contributed by atoms with Crippen LogP contribution in [0.5, 0.6) is 0 Å². The zero-order valence-electron chi connectivity index (χ0n) is 12.2. The Bertz CT molecular complexity index is 779. The number of nitro benzene ring substituents is 1. The molecule has 1 aliphatic heterocycles. The number of nitro groups is 1. The van der Waals surface area contributed by atoms with Crippen molar-refractivity contribution in [3.05, 3.63) is 63.2 Å². The number of para-hydroxylation sites is 1. The predicted molar refractivity (Wildman–Crippen MR) is 89.1 cm³/mol. The number of rotatable bonds is 4. The van der Waals surface area contributed by atoms with Gasteiger partial charge in [-0.3, -0.25) is 14.9 Å². The molecule has 1 aliphatic rings. The lowest BCUT2D eigenvalue weighted by Crippen LogP contribution is -2.34. The molecule has 6 nitrogen and oxygen atoms in total. The van der Waals surface area contributed by atoms with Crippen molar-refractivity contribution in [1.82, 2.24) is 0 Å². The molecule has 0 aromatic heterocycles. The molecule has 0 fully saturated rings. The summed E-state index contributed by atoms with van der Waals surface area (Å²) >= 11 is 5.77. The first-order valence-electron chi connectivity index (χ1n) is 7.12. The number of nitrogens with one attached hydrogen (secondary N) is 1. The van der Waals surface area contributed by atoms with E-state index >= 15 is 0 Å². The van der Waals surface area contributed by atoms with Gasteiger partial charge < -0.3 is 10.2 Å². The number of carbonyl (C=O) groups excluding carboxylic acids is 1. The first-order chi connectivity index (χ1) is 11.1. The Hall–Kier alpha value is -2.60. The van der Waals surface area contributed by atoms with E-state index in [-0.39, 0.29) is 23.2 Å². The molecule has 2 aromatic carbocycles. The van der Waals surface area contributed by atoms with Crippen molar-refractivity contribution in [3.8, 4) is 0 Å². The van der Waals surface area contributed by atoms with Crippen LogP contribution < -0.4 is 10.2 Å². The monoisotopic (exact) mass is 331 g/mol. The summed E-state index contributed by atoms with van der Waals surface area (Å²) in [7, 11) is 0. The molecule has 1 heterocycles. The maximum atomic E-state index is 12.4. The molecule has 1 N–H and O–H groups in total. The third kappa shape index (κ3) is 3.12. The Morgan fingerprint density at radius 2 is 2.09 bits per heavy atom. The van der Waals surface area contributed by atoms with Crippen LogP contribution in [0.15, 0.2) is 42.5 Å². The summed E-state index contributed by atoms with van der Waals surface area (Å²) in [6.07, 6.45) is 0.842. The van der Waals surface area contributed by atoms with Crippen LogP contribution in [0.4, 0.5) is 17.1 Å². The molecular weight excluding hydrogens is 318 g/mol. The largest absolute Gasteiger partial charge is 0.376 e. The molecular formula is C16H14ClN3O3. The molecule has 0 saturated carbocycles. The quantitative estimate of drug-likeness (QED) is 0.689. The van der Waals surface area contributed by atoms with Crippen LogP contribution in [0.1, 0.15) is 5.56 Å². The fourth-order valence-corrected chi connectivity index (χ4v) is 2.82. The predicted octanol–water partition coefficient (Wildman–Crippen LogP) is 3.25. The highest BCUT2D eigenvalue weighted by atomic mass is 35.5. The molecule has 0 atom stereocenters. The molecule has 0 spiro atoms. The van der Waals surface area contributed by atoms with Crippen molar-refractivity contribution in [2.24, 2.45) is 0 Å². The zero-order chi connectivity index (χ0) is 16.4. The van der Waals surface area contributed by atoms with Gasteiger partial charge in [-0.15, -0.1) is 0 Å². The van der Waals surface area contributed by atoms with Crippen LogP contribution in [-0.2, 0) is 11.2 Å². The molecule has 0 bridgehead atoms. The van der Waals surface area contributed by atoms with Crippen LogP contribution in [-0.4, -0.2) is 23.9 Å². The lowest BCUT2D eigenvalue weighted by Gasteiger charge is -2.18. The van der Waals surface area contributed by atoms with E-state index in [4.69, 9.17) is 11.6 Å². The molecule has 23 heavy (non-hydrogen) atoms. The van der Waals surface area contributed by atoms with Gasteiger partial charge in [-0.2, -0.15) is 0 Å². The van der Waals surface area contributed by atoms with Crippen LogP contribution in [0.25, 0.3) is 0 Å². The van der Waals surface area contributed by atoms with Gasteiger partial charge in [0.15, 0.2) is 0 Å². The standard InChI is InChI=1S/C16H14ClN3O3/c17-13-6-5-12(9-15(13)20(22)23)18-10-16(21)19-8-7-11-3-1-2-4-14(11)19/h1-6,9,18H,7-8,10H2. The highest BCUT2D eigenvalue weighted by Gasteiger charge is 2.23. The van der Waals surface area contributed by atoms with Crippen molar-refractivity contribution < 1.29 is 9.72 Å². The van der Waals surface area contributed by atoms with E-state index in [0.717, 1.165) is 17.7 Å². The van der Waals surface area contributed by atoms with Gasteiger partial charge in [0.25, 0.3) is 5.69 Å². The van der Waals surface area contributed by atoms with Gasteiger partial charge in [0.1, 0.15) is 5.02 Å². The summed E-state index contributed by atoms with van der Waals surface area (Å²) < 4.78 is 0. The van der Waals surface area contributed by atoms with Crippen LogP contribution in [0, 0.1) is 10.1 Å². The summed E-state index contributed by atoms with van der Waals surface area (Å²) in [6, 6.07) is 12.2. The molecule has 0 aliphatic carbocycles. The molecule has 1 amide bonds. The second kappa shape index (κ2) is 6.26. The molecule has 118 valence electrons. The minimum Gasteiger partial charge on any atom is -0.376 e. The Morgan fingerprint density at radius 1 is 1.30 bits per heavy atom. The highest BCUT2D eigenvalue weighted by Crippen LogP contribution is 2.29. The number of hydrogen-bond acceptors (Lipinski definition) is 4. The molecule has 0 saturated heterocycles. The van der Waals surface area contributed by atoms with E-state index in [1.807, 2.05) is 24.3 Å². The zero-order valence-corrected chi connectivity index (χ0v) is 12.9. The Kier molecular flexibility index (Phi) is 4.16. The summed E-state index contributed by atoms with van der Waals surface area (Å²) in [4.78, 5) is 24.4. The van der Waals surface area contributed by atoms with Crippen LogP contribution in [0.3, 0.4) is 0 Å². The van der Waals surface area contributed by atoms with Crippen LogP contribution in [0.2, 0.25) is 5.02 Å². The van der Waals surface area contributed by atoms with Gasteiger partial charge in [-0.1, -0.05) is 29.8 Å². The van der Waals surface area contributed by atoms with Crippen molar-refractivity contribution in [2.45, 2.75) is 6.42 Å². The number of nitrogens with zero attached hydrogens (tertiary/aromatic N) is 2. The normalized spacial score (nSPS) is 12.8. The van der Waals surface area contributed by atoms with Gasteiger partial charge in [-0.05, 0) is 30.2 Å². The highest BCUT2D eigenvalue weighted by molar-refractivity contribution is 6.32.